The van der Waals surface area contributed by atoms with Crippen LogP contribution >= 0.6 is 15.6 Å². The molecule has 0 aromatic carbocycles. The van der Waals surface area contributed by atoms with Crippen LogP contribution in [0.25, 0.3) is 0 Å². The molecular formula is C81H144O16P2. The van der Waals surface area contributed by atoms with Crippen molar-refractivity contribution >= 4 is 33.6 Å². The van der Waals surface area contributed by atoms with Gasteiger partial charge in [-0.05, 0) is 96.3 Å². The van der Waals surface area contributed by atoms with Gasteiger partial charge in [0.1, 0.15) is 25.4 Å². The lowest BCUT2D eigenvalue weighted by Gasteiger charge is -2.21. The van der Waals surface area contributed by atoms with Gasteiger partial charge in [-0.25, -0.2) is 9.13 Å². The number of carbonyl (C=O) groups excluding carboxylic acids is 3. The largest absolute Gasteiger partial charge is 0.472 e. The van der Waals surface area contributed by atoms with Gasteiger partial charge in [0.05, 0.1) is 26.4 Å². The summed E-state index contributed by atoms with van der Waals surface area (Å²) in [5, 5.41) is 20.6. The summed E-state index contributed by atoms with van der Waals surface area (Å²) in [6.07, 6.45) is 84.8. The molecule has 0 bridgehead atoms. The molecular weight excluding hydrogens is 1290 g/mol. The van der Waals surface area contributed by atoms with Crippen LogP contribution in [0.5, 0.6) is 0 Å². The molecule has 0 aromatic heterocycles. The van der Waals surface area contributed by atoms with Crippen LogP contribution in [-0.4, -0.2) is 95.9 Å². The minimum absolute atomic E-state index is 0.0920. The Balaban J connectivity index is 4.32. The van der Waals surface area contributed by atoms with E-state index in [4.69, 9.17) is 32.3 Å². The lowest BCUT2D eigenvalue weighted by Crippen LogP contribution is -2.30. The third-order valence-corrected chi connectivity index (χ3v) is 18.7. The highest BCUT2D eigenvalue weighted by atomic mass is 31.2. The summed E-state index contributed by atoms with van der Waals surface area (Å²) in [5.74, 6) is -1.57. The number of carbonyl (C=O) groups is 3. The van der Waals surface area contributed by atoms with E-state index in [2.05, 4.69) is 118 Å². The minimum Gasteiger partial charge on any atom is -0.463 e. The molecule has 5 unspecified atom stereocenters. The van der Waals surface area contributed by atoms with Gasteiger partial charge in [0, 0.05) is 19.3 Å². The third kappa shape index (κ3) is 75.5. The summed E-state index contributed by atoms with van der Waals surface area (Å²) >= 11 is 0. The number of esters is 3. The first-order valence-electron chi connectivity index (χ1n) is 39.5. The van der Waals surface area contributed by atoms with Crippen LogP contribution in [0.2, 0.25) is 0 Å². The SMILES string of the molecule is CC/C=C\C/C=C\C/C=C\C/C=C\C/C=C\C/C=C\CCCCCCCCCCCCCCCCCCC(=O)OCC(O)COP(=O)(O)OCC(O)COP(=O)(O)OCC(COC(=O)CCCCCCCCCCCCCCCCC)OC(=O)CCCCCCC/C=C\C/C=C\CCC. The number of rotatable bonds is 75. The van der Waals surface area contributed by atoms with Crippen molar-refractivity contribution in [3.05, 3.63) is 97.2 Å². The lowest BCUT2D eigenvalue weighted by molar-refractivity contribution is -0.161. The number of aliphatic hydroxyl groups excluding tert-OH is 2. The van der Waals surface area contributed by atoms with Crippen molar-refractivity contribution in [3.63, 3.8) is 0 Å². The van der Waals surface area contributed by atoms with E-state index < -0.39 is 91.5 Å². The highest BCUT2D eigenvalue weighted by molar-refractivity contribution is 7.47. The first-order valence-corrected chi connectivity index (χ1v) is 42.5. The van der Waals surface area contributed by atoms with E-state index in [0.717, 1.165) is 128 Å². The molecule has 0 spiro atoms. The van der Waals surface area contributed by atoms with Crippen LogP contribution in [-0.2, 0) is 55.8 Å². The van der Waals surface area contributed by atoms with E-state index in [0.29, 0.717) is 19.3 Å². The number of hydrogen-bond acceptors (Lipinski definition) is 14. The second-order valence-electron chi connectivity index (χ2n) is 26.5. The smallest absolute Gasteiger partial charge is 0.463 e. The Labute approximate surface area is 603 Å². The van der Waals surface area contributed by atoms with Crippen molar-refractivity contribution in [2.24, 2.45) is 0 Å². The van der Waals surface area contributed by atoms with Crippen LogP contribution in [0, 0.1) is 0 Å². The molecule has 574 valence electrons. The monoisotopic (exact) mass is 1430 g/mol. The summed E-state index contributed by atoms with van der Waals surface area (Å²) < 4.78 is 61.0. The summed E-state index contributed by atoms with van der Waals surface area (Å²) in [7, 11) is -9.77. The molecule has 0 fully saturated rings. The molecule has 0 aromatic rings. The van der Waals surface area contributed by atoms with Gasteiger partial charge in [-0.1, -0.05) is 323 Å². The zero-order chi connectivity index (χ0) is 72.3. The quantitative estimate of drug-likeness (QED) is 0.0146. The van der Waals surface area contributed by atoms with E-state index in [1.54, 1.807) is 0 Å². The maximum Gasteiger partial charge on any atom is 0.472 e. The summed E-state index contributed by atoms with van der Waals surface area (Å²) in [6.45, 7) is 2.52. The number of aliphatic hydroxyl groups is 2. The van der Waals surface area contributed by atoms with Gasteiger partial charge in [-0.15, -0.1) is 0 Å². The standard InChI is InChI=1S/C81H144O16P2/c1-4-7-10-13-16-19-22-25-27-28-29-30-31-32-33-34-35-36-37-38-39-40-41-42-43-44-45-46-48-51-52-55-58-61-64-67-79(84)91-70-76(82)71-93-98(87,88)94-72-77(83)73-95-99(89,90)96-75-78(97-81(86)69-66-63-60-57-54-49-24-21-18-15-12-9-6-3)74-92-80(85)68-65-62-59-56-53-50-47-26-23-20-17-14-11-8-5-2/h7,10,12,15-16,19,21,24-25,27,29-30,32-33,35-36,76-78,82-83H,4-6,8-9,11,13-14,17-18,20,22-23,26,28,31,34,37-75H2,1-3H3,(H,87,88)(H,89,90)/b10-7-,15-12-,19-16-,24-21-,27-25-,30-29-,33-32-,36-35-. The van der Waals surface area contributed by atoms with Crippen molar-refractivity contribution in [1.29, 1.82) is 0 Å². The first kappa shape index (κ1) is 95.5. The fourth-order valence-corrected chi connectivity index (χ4v) is 12.4. The van der Waals surface area contributed by atoms with E-state index in [1.165, 1.54) is 154 Å². The van der Waals surface area contributed by atoms with Gasteiger partial charge >= 0.3 is 33.6 Å². The zero-order valence-electron chi connectivity index (χ0n) is 62.6. The second-order valence-corrected chi connectivity index (χ2v) is 29.4. The Hall–Kier alpha value is -3.53. The van der Waals surface area contributed by atoms with Gasteiger partial charge in [0.15, 0.2) is 6.10 Å². The summed E-state index contributed by atoms with van der Waals surface area (Å²) in [5.41, 5.74) is 0. The molecule has 0 heterocycles. The van der Waals surface area contributed by atoms with Crippen molar-refractivity contribution in [1.82, 2.24) is 0 Å². The number of ether oxygens (including phenoxy) is 3. The molecule has 0 rings (SSSR count). The fraction of sp³-hybridized carbons (Fsp3) is 0.765. The Kier molecular flexibility index (Phi) is 71.6. The molecule has 99 heavy (non-hydrogen) atoms. The van der Waals surface area contributed by atoms with E-state index in [1.807, 2.05) is 0 Å². The highest BCUT2D eigenvalue weighted by Crippen LogP contribution is 2.45. The Morgan fingerprint density at radius 2 is 0.556 bits per heavy atom. The molecule has 0 saturated heterocycles. The number of allylic oxidation sites excluding steroid dienone is 16. The third-order valence-electron chi connectivity index (χ3n) is 16.8. The van der Waals surface area contributed by atoms with Gasteiger partial charge in [-0.3, -0.25) is 32.5 Å². The molecule has 0 amide bonds. The predicted molar refractivity (Wildman–Crippen MR) is 408 cm³/mol. The van der Waals surface area contributed by atoms with Gasteiger partial charge in [0.25, 0.3) is 0 Å². The lowest BCUT2D eigenvalue weighted by atomic mass is 10.0. The number of phosphoric acid groups is 2. The van der Waals surface area contributed by atoms with Crippen molar-refractivity contribution in [3.8, 4) is 0 Å². The van der Waals surface area contributed by atoms with E-state index >= 15 is 0 Å². The molecule has 0 aliphatic rings. The normalized spacial score (nSPS) is 14.5. The second kappa shape index (κ2) is 74.2. The predicted octanol–water partition coefficient (Wildman–Crippen LogP) is 23.0. The number of unbranched alkanes of at least 4 members (excludes halogenated alkanes) is 36. The molecule has 5 atom stereocenters. The van der Waals surface area contributed by atoms with Crippen molar-refractivity contribution in [2.45, 2.75) is 360 Å². The van der Waals surface area contributed by atoms with Crippen LogP contribution in [0.1, 0.15) is 342 Å². The Morgan fingerprint density at radius 1 is 0.293 bits per heavy atom. The minimum atomic E-state index is -4.92. The maximum absolute atomic E-state index is 12.9. The van der Waals surface area contributed by atoms with Crippen LogP contribution in [0.15, 0.2) is 97.2 Å². The van der Waals surface area contributed by atoms with Gasteiger partial charge in [0.2, 0.25) is 0 Å². The van der Waals surface area contributed by atoms with E-state index in [-0.39, 0.29) is 19.3 Å². The van der Waals surface area contributed by atoms with Crippen LogP contribution in [0.4, 0.5) is 0 Å². The van der Waals surface area contributed by atoms with Crippen LogP contribution < -0.4 is 0 Å². The molecule has 0 saturated carbocycles. The number of phosphoric ester groups is 2. The average molecular weight is 1440 g/mol. The molecule has 18 heteroatoms. The molecule has 4 N–H and O–H groups in total. The van der Waals surface area contributed by atoms with Gasteiger partial charge in [-0.2, -0.15) is 0 Å². The summed E-state index contributed by atoms with van der Waals surface area (Å²) in [6, 6.07) is 0. The van der Waals surface area contributed by atoms with Crippen molar-refractivity contribution in [2.75, 3.05) is 39.6 Å². The Bertz CT molecular complexity index is 2190. The average Bonchev–Trinajstić information content (AvgIpc) is 1.09. The fourth-order valence-electron chi connectivity index (χ4n) is 10.8. The highest BCUT2D eigenvalue weighted by Gasteiger charge is 2.29. The molecule has 0 aliphatic carbocycles. The zero-order valence-corrected chi connectivity index (χ0v) is 64.4. The first-order chi connectivity index (χ1) is 48.2. The maximum atomic E-state index is 12.9. The molecule has 0 radical (unpaired) electrons. The Morgan fingerprint density at radius 3 is 0.889 bits per heavy atom. The molecule has 16 nitrogen and oxygen atoms in total. The number of hydrogen-bond donors (Lipinski definition) is 4. The topological polar surface area (TPSA) is 231 Å². The molecule has 0 aliphatic heterocycles. The summed E-state index contributed by atoms with van der Waals surface area (Å²) in [4.78, 5) is 58.5. The van der Waals surface area contributed by atoms with E-state index in [9.17, 15) is 43.5 Å². The van der Waals surface area contributed by atoms with Crippen molar-refractivity contribution < 1.29 is 75.8 Å². The van der Waals surface area contributed by atoms with Gasteiger partial charge < -0.3 is 34.2 Å². The van der Waals surface area contributed by atoms with Crippen LogP contribution in [0.3, 0.4) is 0 Å².